The third kappa shape index (κ3) is 3.87. The molecule has 0 saturated carbocycles. The molecule has 1 atom stereocenters. The van der Waals surface area contributed by atoms with Crippen molar-refractivity contribution in [2.45, 2.75) is 6.92 Å². The molecule has 0 fully saturated rings. The number of nitriles is 1. The molecule has 0 amide bonds. The van der Waals surface area contributed by atoms with Crippen LogP contribution in [-0.2, 0) is 9.53 Å². The third-order valence-electron chi connectivity index (χ3n) is 2.38. The molecule has 0 aliphatic heterocycles. The van der Waals surface area contributed by atoms with Crippen molar-refractivity contribution in [3.63, 3.8) is 0 Å². The van der Waals surface area contributed by atoms with Crippen molar-refractivity contribution < 1.29 is 18.7 Å². The van der Waals surface area contributed by atoms with E-state index >= 15 is 0 Å². The Bertz CT molecular complexity index is 610. The first-order chi connectivity index (χ1) is 9.36. The number of benzene rings is 1. The van der Waals surface area contributed by atoms with Gasteiger partial charge in [-0.1, -0.05) is 11.6 Å². The van der Waals surface area contributed by atoms with Gasteiger partial charge in [-0.25, -0.2) is 9.18 Å². The Balaban J connectivity index is 2.71. The van der Waals surface area contributed by atoms with Crippen molar-refractivity contribution >= 4 is 29.1 Å². The first-order valence-corrected chi connectivity index (χ1v) is 5.84. The van der Waals surface area contributed by atoms with Gasteiger partial charge in [0, 0.05) is 10.7 Å². The van der Waals surface area contributed by atoms with Crippen LogP contribution in [0.15, 0.2) is 18.2 Å². The molecular formula is C13H10ClFN2O3. The maximum Gasteiger partial charge on any atom is 0.341 e. The van der Waals surface area contributed by atoms with Crippen LogP contribution >= 0.6 is 11.6 Å². The fraction of sp³-hybridized carbons (Fsp3) is 0.231. The van der Waals surface area contributed by atoms with Gasteiger partial charge >= 0.3 is 5.97 Å². The first kappa shape index (κ1) is 15.8. The van der Waals surface area contributed by atoms with Crippen LogP contribution in [0.4, 0.5) is 4.39 Å². The molecular weight excluding hydrogens is 287 g/mol. The minimum atomic E-state index is -1.27. The Kier molecular flexibility index (Phi) is 5.35. The van der Waals surface area contributed by atoms with Gasteiger partial charge in [-0.05, 0) is 25.1 Å². The molecule has 0 aromatic heterocycles. The molecule has 5 nitrogen and oxygen atoms in total. The number of rotatable bonds is 5. The standard InChI is InChI=1S/C13H10ClFN2O3/c1-7(17)10(5-16)12(18)6-20-13(19)9-3-2-8(14)4-11(9)15/h2-4,10,17H,6H2,1H3. The maximum absolute atomic E-state index is 13.4. The molecule has 1 aromatic carbocycles. The molecule has 1 aromatic rings. The van der Waals surface area contributed by atoms with E-state index < -0.39 is 30.1 Å². The topological polar surface area (TPSA) is 91.0 Å². The van der Waals surface area contributed by atoms with Gasteiger partial charge in [-0.3, -0.25) is 4.79 Å². The van der Waals surface area contributed by atoms with Gasteiger partial charge in [-0.15, -0.1) is 0 Å². The van der Waals surface area contributed by atoms with E-state index in [0.717, 1.165) is 12.1 Å². The smallest absolute Gasteiger partial charge is 0.341 e. The molecule has 20 heavy (non-hydrogen) atoms. The molecule has 0 saturated heterocycles. The lowest BCUT2D eigenvalue weighted by Gasteiger charge is -2.08. The zero-order valence-electron chi connectivity index (χ0n) is 10.4. The predicted octanol–water partition coefficient (Wildman–Crippen LogP) is 2.38. The molecule has 1 rings (SSSR count). The SMILES string of the molecule is CC(=N)C(C#N)C(=O)COC(=O)c1ccc(Cl)cc1F. The fourth-order valence-electron chi connectivity index (χ4n) is 1.36. The van der Waals surface area contributed by atoms with Gasteiger partial charge in [0.25, 0.3) is 0 Å². The first-order valence-electron chi connectivity index (χ1n) is 5.46. The van der Waals surface area contributed by atoms with E-state index in [1.54, 1.807) is 6.07 Å². The minimum absolute atomic E-state index is 0.124. The quantitative estimate of drug-likeness (QED) is 0.667. The summed E-state index contributed by atoms with van der Waals surface area (Å²) in [6.45, 7) is 0.599. The fourth-order valence-corrected chi connectivity index (χ4v) is 1.52. The number of esters is 1. The monoisotopic (exact) mass is 296 g/mol. The highest BCUT2D eigenvalue weighted by atomic mass is 35.5. The molecule has 0 bridgehead atoms. The summed E-state index contributed by atoms with van der Waals surface area (Å²) in [7, 11) is 0. The number of ketones is 1. The Morgan fingerprint density at radius 3 is 2.70 bits per heavy atom. The van der Waals surface area contributed by atoms with Crippen LogP contribution in [0, 0.1) is 28.5 Å². The molecule has 1 N–H and O–H groups in total. The Labute approximate surface area is 119 Å². The molecule has 0 radical (unpaired) electrons. The number of nitrogens with one attached hydrogen (secondary N) is 1. The van der Waals surface area contributed by atoms with Crippen molar-refractivity contribution in [1.29, 1.82) is 10.7 Å². The summed E-state index contributed by atoms with van der Waals surface area (Å²) < 4.78 is 18.0. The lowest BCUT2D eigenvalue weighted by atomic mass is 10.0. The Morgan fingerprint density at radius 2 is 2.20 bits per heavy atom. The Morgan fingerprint density at radius 1 is 1.55 bits per heavy atom. The molecule has 0 aliphatic carbocycles. The van der Waals surface area contributed by atoms with Crippen molar-refractivity contribution in [3.8, 4) is 6.07 Å². The molecule has 0 aliphatic rings. The van der Waals surface area contributed by atoms with Gasteiger partial charge < -0.3 is 10.1 Å². The number of halogens is 2. The van der Waals surface area contributed by atoms with Gasteiger partial charge in [0.1, 0.15) is 11.7 Å². The third-order valence-corrected chi connectivity index (χ3v) is 2.62. The normalized spacial score (nSPS) is 11.3. The number of hydrogen-bond acceptors (Lipinski definition) is 5. The second kappa shape index (κ2) is 6.78. The van der Waals surface area contributed by atoms with Crippen molar-refractivity contribution in [2.75, 3.05) is 6.61 Å². The summed E-state index contributed by atoms with van der Waals surface area (Å²) in [5.41, 5.74) is -0.506. The highest BCUT2D eigenvalue weighted by molar-refractivity contribution is 6.30. The minimum Gasteiger partial charge on any atom is -0.454 e. The summed E-state index contributed by atoms with van der Waals surface area (Å²) in [6, 6.07) is 5.01. The van der Waals surface area contributed by atoms with Crippen LogP contribution in [-0.4, -0.2) is 24.1 Å². The van der Waals surface area contributed by atoms with E-state index in [1.165, 1.54) is 13.0 Å². The van der Waals surface area contributed by atoms with Crippen molar-refractivity contribution in [1.82, 2.24) is 0 Å². The number of carbonyl (C=O) groups excluding carboxylic acids is 2. The lowest BCUT2D eigenvalue weighted by Crippen LogP contribution is -2.25. The van der Waals surface area contributed by atoms with Gasteiger partial charge in [0.05, 0.1) is 11.6 Å². The van der Waals surface area contributed by atoms with Crippen LogP contribution in [0.2, 0.25) is 5.02 Å². The van der Waals surface area contributed by atoms with Crippen molar-refractivity contribution in [3.05, 3.63) is 34.6 Å². The highest BCUT2D eigenvalue weighted by Gasteiger charge is 2.22. The van der Waals surface area contributed by atoms with E-state index in [2.05, 4.69) is 4.74 Å². The number of nitrogens with zero attached hydrogens (tertiary/aromatic N) is 1. The van der Waals surface area contributed by atoms with Gasteiger partial charge in [-0.2, -0.15) is 5.26 Å². The second-order valence-electron chi connectivity index (χ2n) is 3.91. The maximum atomic E-state index is 13.4. The average molecular weight is 297 g/mol. The predicted molar refractivity (Wildman–Crippen MR) is 69.2 cm³/mol. The number of carbonyl (C=O) groups is 2. The van der Waals surface area contributed by atoms with E-state index in [9.17, 15) is 14.0 Å². The largest absolute Gasteiger partial charge is 0.454 e. The van der Waals surface area contributed by atoms with Gasteiger partial charge in [0.2, 0.25) is 0 Å². The molecule has 104 valence electrons. The summed E-state index contributed by atoms with van der Waals surface area (Å²) in [4.78, 5) is 23.1. The van der Waals surface area contributed by atoms with E-state index in [4.69, 9.17) is 22.3 Å². The van der Waals surface area contributed by atoms with Crippen LogP contribution in [0.25, 0.3) is 0 Å². The molecule has 0 heterocycles. The second-order valence-corrected chi connectivity index (χ2v) is 4.35. The van der Waals surface area contributed by atoms with Crippen LogP contribution in [0.3, 0.4) is 0 Å². The highest BCUT2D eigenvalue weighted by Crippen LogP contribution is 2.15. The molecule has 1 unspecified atom stereocenters. The molecule has 7 heteroatoms. The zero-order chi connectivity index (χ0) is 15.3. The summed E-state index contributed by atoms with van der Waals surface area (Å²) in [5.74, 6) is -3.90. The van der Waals surface area contributed by atoms with Crippen LogP contribution < -0.4 is 0 Å². The average Bonchev–Trinajstić information content (AvgIpc) is 2.36. The van der Waals surface area contributed by atoms with Crippen LogP contribution in [0.5, 0.6) is 0 Å². The van der Waals surface area contributed by atoms with Crippen LogP contribution in [0.1, 0.15) is 17.3 Å². The summed E-state index contributed by atoms with van der Waals surface area (Å²) in [5, 5.41) is 16.1. The number of ether oxygens (including phenoxy) is 1. The zero-order valence-corrected chi connectivity index (χ0v) is 11.2. The summed E-state index contributed by atoms with van der Waals surface area (Å²) >= 11 is 5.54. The van der Waals surface area contributed by atoms with E-state index in [1.807, 2.05) is 0 Å². The van der Waals surface area contributed by atoms with E-state index in [0.29, 0.717) is 0 Å². The lowest BCUT2D eigenvalue weighted by molar-refractivity contribution is -0.122. The number of Topliss-reactive ketones (excluding diaryl/α,β-unsaturated/α-hetero) is 1. The van der Waals surface area contributed by atoms with E-state index in [-0.39, 0.29) is 16.3 Å². The Hall–Kier alpha value is -2.26. The van der Waals surface area contributed by atoms with Gasteiger partial charge in [0.15, 0.2) is 12.4 Å². The molecule has 0 spiro atoms. The van der Waals surface area contributed by atoms with Crippen molar-refractivity contribution in [2.24, 2.45) is 5.92 Å². The summed E-state index contributed by atoms with van der Waals surface area (Å²) in [6.07, 6.45) is 0. The number of hydrogen-bond donors (Lipinski definition) is 1.